The van der Waals surface area contributed by atoms with Gasteiger partial charge in [0.25, 0.3) is 0 Å². The van der Waals surface area contributed by atoms with Crippen LogP contribution >= 0.6 is 0 Å². The van der Waals surface area contributed by atoms with Crippen LogP contribution in [0.1, 0.15) is 13.3 Å². The minimum atomic E-state index is -0.797. The number of rotatable bonds is 6. The Labute approximate surface area is 94.8 Å². The fourth-order valence-corrected chi connectivity index (χ4v) is 1.17. The van der Waals surface area contributed by atoms with Crippen LogP contribution in [0.15, 0.2) is 24.3 Å². The largest absolute Gasteiger partial charge is 0.497 e. The summed E-state index contributed by atoms with van der Waals surface area (Å²) in [7, 11) is 1.59. The Morgan fingerprint density at radius 1 is 1.44 bits per heavy atom. The van der Waals surface area contributed by atoms with Crippen LogP contribution in [0.3, 0.4) is 0 Å². The molecule has 1 atom stereocenters. The normalized spacial score (nSPS) is 11.9. The molecule has 1 aromatic carbocycles. The van der Waals surface area contributed by atoms with Crippen molar-refractivity contribution < 1.29 is 19.4 Å². The van der Waals surface area contributed by atoms with E-state index >= 15 is 0 Å². The van der Waals surface area contributed by atoms with Crippen LogP contribution in [0, 0.1) is 5.92 Å². The van der Waals surface area contributed by atoms with E-state index in [9.17, 15) is 4.79 Å². The number of methoxy groups -OCH3 is 1. The van der Waals surface area contributed by atoms with Crippen LogP contribution in [0.25, 0.3) is 0 Å². The fourth-order valence-electron chi connectivity index (χ4n) is 1.17. The number of carbonyl (C=O) groups is 1. The van der Waals surface area contributed by atoms with Crippen LogP contribution < -0.4 is 9.47 Å². The van der Waals surface area contributed by atoms with Gasteiger partial charge in [0.2, 0.25) is 0 Å². The van der Waals surface area contributed by atoms with Gasteiger partial charge in [0, 0.05) is 6.07 Å². The van der Waals surface area contributed by atoms with Gasteiger partial charge in [0.05, 0.1) is 19.6 Å². The van der Waals surface area contributed by atoms with Gasteiger partial charge in [-0.05, 0) is 18.6 Å². The third kappa shape index (κ3) is 3.81. The van der Waals surface area contributed by atoms with Gasteiger partial charge in [-0.3, -0.25) is 4.79 Å². The van der Waals surface area contributed by atoms with Crippen molar-refractivity contribution >= 4 is 5.97 Å². The lowest BCUT2D eigenvalue weighted by atomic mass is 10.1. The zero-order valence-electron chi connectivity index (χ0n) is 9.47. The molecular weight excluding hydrogens is 208 g/mol. The summed E-state index contributed by atoms with van der Waals surface area (Å²) in [5.41, 5.74) is 0. The molecule has 1 unspecified atom stereocenters. The first kappa shape index (κ1) is 12.4. The first-order valence-corrected chi connectivity index (χ1v) is 5.13. The summed E-state index contributed by atoms with van der Waals surface area (Å²) >= 11 is 0. The van der Waals surface area contributed by atoms with Crippen molar-refractivity contribution in [3.8, 4) is 11.5 Å². The Morgan fingerprint density at radius 3 is 2.75 bits per heavy atom. The zero-order chi connectivity index (χ0) is 12.0. The summed E-state index contributed by atoms with van der Waals surface area (Å²) in [6, 6.07) is 7.24. The average molecular weight is 224 g/mol. The highest BCUT2D eigenvalue weighted by Gasteiger charge is 2.10. The van der Waals surface area contributed by atoms with E-state index in [1.54, 1.807) is 20.1 Å². The van der Waals surface area contributed by atoms with Crippen molar-refractivity contribution in [3.63, 3.8) is 0 Å². The van der Waals surface area contributed by atoms with E-state index in [2.05, 4.69) is 0 Å². The molecule has 88 valence electrons. The van der Waals surface area contributed by atoms with Gasteiger partial charge >= 0.3 is 5.97 Å². The predicted octanol–water partition coefficient (Wildman–Crippen LogP) is 2.18. The molecule has 0 saturated heterocycles. The maximum absolute atomic E-state index is 10.6. The van der Waals surface area contributed by atoms with E-state index in [0.29, 0.717) is 18.8 Å². The molecule has 0 aliphatic heterocycles. The van der Waals surface area contributed by atoms with Gasteiger partial charge in [-0.25, -0.2) is 0 Å². The van der Waals surface area contributed by atoms with Crippen molar-refractivity contribution in [2.45, 2.75) is 13.3 Å². The van der Waals surface area contributed by atoms with E-state index in [-0.39, 0.29) is 5.92 Å². The molecule has 0 aromatic heterocycles. The summed E-state index contributed by atoms with van der Waals surface area (Å²) < 4.78 is 10.5. The quantitative estimate of drug-likeness (QED) is 0.804. The Kier molecular flexibility index (Phi) is 4.64. The van der Waals surface area contributed by atoms with E-state index in [4.69, 9.17) is 14.6 Å². The van der Waals surface area contributed by atoms with E-state index in [1.165, 1.54) is 0 Å². The predicted molar refractivity (Wildman–Crippen MR) is 59.9 cm³/mol. The van der Waals surface area contributed by atoms with Crippen molar-refractivity contribution in [3.05, 3.63) is 24.3 Å². The standard InChI is InChI=1S/C12H16O4/c1-9(12(13)14)6-7-16-11-5-3-4-10(8-11)15-2/h3-5,8-9H,6-7H2,1-2H3,(H,13,14). The number of carboxylic acids is 1. The zero-order valence-corrected chi connectivity index (χ0v) is 9.47. The summed E-state index contributed by atoms with van der Waals surface area (Å²) in [5, 5.41) is 8.69. The number of benzene rings is 1. The summed E-state index contributed by atoms with van der Waals surface area (Å²) in [6.45, 7) is 2.05. The van der Waals surface area contributed by atoms with Crippen LogP contribution in [0.2, 0.25) is 0 Å². The molecule has 16 heavy (non-hydrogen) atoms. The Bertz CT molecular complexity index is 349. The van der Waals surface area contributed by atoms with E-state index < -0.39 is 5.97 Å². The minimum absolute atomic E-state index is 0.384. The lowest BCUT2D eigenvalue weighted by Crippen LogP contribution is -2.13. The SMILES string of the molecule is COc1cccc(OCCC(C)C(=O)O)c1. The first-order valence-electron chi connectivity index (χ1n) is 5.13. The van der Waals surface area contributed by atoms with Crippen LogP contribution in [-0.4, -0.2) is 24.8 Å². The number of aliphatic carboxylic acids is 1. The molecule has 1 aromatic rings. The van der Waals surface area contributed by atoms with Crippen LogP contribution in [0.4, 0.5) is 0 Å². The van der Waals surface area contributed by atoms with Gasteiger partial charge in [0.1, 0.15) is 11.5 Å². The maximum Gasteiger partial charge on any atom is 0.306 e. The molecule has 4 nitrogen and oxygen atoms in total. The van der Waals surface area contributed by atoms with Gasteiger partial charge in [-0.2, -0.15) is 0 Å². The Hall–Kier alpha value is -1.71. The average Bonchev–Trinajstić information content (AvgIpc) is 2.29. The molecule has 0 amide bonds. The molecule has 0 fully saturated rings. The number of hydrogen-bond donors (Lipinski definition) is 1. The third-order valence-electron chi connectivity index (χ3n) is 2.28. The highest BCUT2D eigenvalue weighted by Crippen LogP contribution is 2.19. The molecule has 0 saturated carbocycles. The maximum atomic E-state index is 10.6. The summed E-state index contributed by atoms with van der Waals surface area (Å²) in [6.07, 6.45) is 0.493. The second-order valence-electron chi connectivity index (χ2n) is 3.56. The van der Waals surface area contributed by atoms with E-state index in [1.807, 2.05) is 18.2 Å². The second-order valence-corrected chi connectivity index (χ2v) is 3.56. The molecule has 0 aliphatic rings. The van der Waals surface area contributed by atoms with Crippen LogP contribution in [-0.2, 0) is 4.79 Å². The van der Waals surface area contributed by atoms with Gasteiger partial charge < -0.3 is 14.6 Å². The lowest BCUT2D eigenvalue weighted by Gasteiger charge is -2.09. The first-order chi connectivity index (χ1) is 7.63. The fraction of sp³-hybridized carbons (Fsp3) is 0.417. The van der Waals surface area contributed by atoms with Gasteiger partial charge in [-0.1, -0.05) is 13.0 Å². The molecule has 1 N–H and O–H groups in total. The third-order valence-corrected chi connectivity index (χ3v) is 2.28. The number of hydrogen-bond acceptors (Lipinski definition) is 3. The number of carboxylic acid groups (broad SMARTS) is 1. The summed E-state index contributed by atoms with van der Waals surface area (Å²) in [5.74, 6) is 0.237. The highest BCUT2D eigenvalue weighted by atomic mass is 16.5. The van der Waals surface area contributed by atoms with Crippen LogP contribution in [0.5, 0.6) is 11.5 Å². The molecule has 4 heteroatoms. The molecule has 0 heterocycles. The minimum Gasteiger partial charge on any atom is -0.497 e. The topological polar surface area (TPSA) is 55.8 Å². The smallest absolute Gasteiger partial charge is 0.306 e. The Balaban J connectivity index is 2.39. The van der Waals surface area contributed by atoms with Gasteiger partial charge in [0.15, 0.2) is 0 Å². The monoisotopic (exact) mass is 224 g/mol. The molecule has 0 spiro atoms. The summed E-state index contributed by atoms with van der Waals surface area (Å²) in [4.78, 5) is 10.6. The second kappa shape index (κ2) is 6.00. The van der Waals surface area contributed by atoms with Crippen molar-refractivity contribution in [2.24, 2.45) is 5.92 Å². The molecule has 0 radical (unpaired) electrons. The number of ether oxygens (including phenoxy) is 2. The molecule has 1 rings (SSSR count). The van der Waals surface area contributed by atoms with Gasteiger partial charge in [-0.15, -0.1) is 0 Å². The van der Waals surface area contributed by atoms with Crippen molar-refractivity contribution in [2.75, 3.05) is 13.7 Å². The Morgan fingerprint density at radius 2 is 2.12 bits per heavy atom. The van der Waals surface area contributed by atoms with Crippen molar-refractivity contribution in [1.29, 1.82) is 0 Å². The lowest BCUT2D eigenvalue weighted by molar-refractivity contribution is -0.141. The molecule has 0 bridgehead atoms. The van der Waals surface area contributed by atoms with Crippen molar-refractivity contribution in [1.82, 2.24) is 0 Å². The highest BCUT2D eigenvalue weighted by molar-refractivity contribution is 5.69. The molecule has 0 aliphatic carbocycles. The van der Waals surface area contributed by atoms with E-state index in [0.717, 1.165) is 5.75 Å². The molecular formula is C12H16O4.